The lowest BCUT2D eigenvalue weighted by molar-refractivity contribution is -0.155. The second kappa shape index (κ2) is 10.8. The van der Waals surface area contributed by atoms with Crippen molar-refractivity contribution in [2.75, 3.05) is 19.8 Å². The van der Waals surface area contributed by atoms with Crippen LogP contribution in [0.5, 0.6) is 0 Å². The van der Waals surface area contributed by atoms with Crippen molar-refractivity contribution < 1.29 is 24.2 Å². The van der Waals surface area contributed by atoms with Crippen molar-refractivity contribution in [2.24, 2.45) is 23.7 Å². The van der Waals surface area contributed by atoms with Crippen LogP contribution >= 0.6 is 0 Å². The molecule has 1 fully saturated rings. The monoisotopic (exact) mass is 408 g/mol. The first-order valence-electron chi connectivity index (χ1n) is 10.9. The Morgan fingerprint density at radius 1 is 1.28 bits per heavy atom. The van der Waals surface area contributed by atoms with Crippen molar-refractivity contribution in [3.8, 4) is 0 Å². The minimum absolute atomic E-state index is 0.0216. The van der Waals surface area contributed by atoms with Gasteiger partial charge in [-0.1, -0.05) is 32.4 Å². The number of carbonyl (C=O) groups is 3. The summed E-state index contributed by atoms with van der Waals surface area (Å²) in [4.78, 5) is 40.8. The summed E-state index contributed by atoms with van der Waals surface area (Å²) in [5, 5.41) is 12.2. The molecule has 1 unspecified atom stereocenters. The highest BCUT2D eigenvalue weighted by molar-refractivity contribution is 5.96. The molecule has 1 aliphatic carbocycles. The molecule has 7 heteroatoms. The van der Waals surface area contributed by atoms with Crippen LogP contribution in [-0.4, -0.2) is 59.6 Å². The second-order valence-electron chi connectivity index (χ2n) is 8.23. The molecule has 0 bridgehead atoms. The molecule has 2 amide bonds. The quantitative estimate of drug-likeness (QED) is 0.327. The number of aliphatic hydroxyl groups excluding tert-OH is 1. The van der Waals surface area contributed by atoms with Gasteiger partial charge in [0.1, 0.15) is 6.04 Å². The summed E-state index contributed by atoms with van der Waals surface area (Å²) in [6, 6.07) is -0.612. The first-order valence-corrected chi connectivity index (χ1v) is 10.9. The number of nitrogens with zero attached hydrogens (tertiary/aromatic N) is 1. The molecule has 1 aliphatic heterocycles. The van der Waals surface area contributed by atoms with Crippen LogP contribution < -0.4 is 5.32 Å². The SMILES string of the molecule is CCCC(C)NC(=O)[C@@H]1[C@H]2C=C[C@@H](C)[C@@H](C(=O)OCC)[C@H]2C(=O)N1CCCCO. The fraction of sp³-hybridized carbons (Fsp3) is 0.773. The molecule has 2 N–H and O–H groups in total. The summed E-state index contributed by atoms with van der Waals surface area (Å²) in [5.41, 5.74) is 0. The van der Waals surface area contributed by atoms with E-state index in [1.807, 2.05) is 26.0 Å². The summed E-state index contributed by atoms with van der Waals surface area (Å²) in [7, 11) is 0. The lowest BCUT2D eigenvalue weighted by atomic mass is 9.70. The van der Waals surface area contributed by atoms with Gasteiger partial charge in [-0.2, -0.15) is 0 Å². The summed E-state index contributed by atoms with van der Waals surface area (Å²) >= 11 is 0. The third-order valence-electron chi connectivity index (χ3n) is 6.02. The standard InChI is InChI=1S/C22H36N2O5/c1-5-9-15(4)23-20(26)19-16-11-10-14(3)17(22(28)29-6-2)18(16)21(27)24(19)12-7-8-13-25/h10-11,14-19,25H,5-9,12-13H2,1-4H3,(H,23,26)/t14-,15?,16+,17-,18+,19+/m1/s1. The zero-order valence-corrected chi connectivity index (χ0v) is 18.1. The molecule has 0 radical (unpaired) electrons. The maximum absolute atomic E-state index is 13.4. The van der Waals surface area contributed by atoms with E-state index in [1.165, 1.54) is 0 Å². The number of hydrogen-bond donors (Lipinski definition) is 2. The van der Waals surface area contributed by atoms with Gasteiger partial charge >= 0.3 is 5.97 Å². The van der Waals surface area contributed by atoms with Crippen molar-refractivity contribution in [2.45, 2.75) is 65.5 Å². The highest BCUT2D eigenvalue weighted by Gasteiger charge is 2.56. The summed E-state index contributed by atoms with van der Waals surface area (Å²) in [6.07, 6.45) is 6.86. The van der Waals surface area contributed by atoms with Crippen LogP contribution in [-0.2, 0) is 19.1 Å². The Morgan fingerprint density at radius 2 is 2.00 bits per heavy atom. The number of carbonyl (C=O) groups excluding carboxylic acids is 3. The number of likely N-dealkylation sites (tertiary alicyclic amines) is 1. The molecule has 0 aromatic heterocycles. The Balaban J connectivity index is 2.33. The number of aliphatic hydroxyl groups is 1. The zero-order chi connectivity index (χ0) is 21.6. The molecule has 7 nitrogen and oxygen atoms in total. The zero-order valence-electron chi connectivity index (χ0n) is 18.1. The first kappa shape index (κ1) is 23.4. The lowest BCUT2D eigenvalue weighted by Crippen LogP contribution is -2.49. The van der Waals surface area contributed by atoms with E-state index in [-0.39, 0.29) is 48.9 Å². The van der Waals surface area contributed by atoms with Crippen LogP contribution in [0.25, 0.3) is 0 Å². The molecular weight excluding hydrogens is 372 g/mol. The molecule has 0 aromatic rings. The minimum Gasteiger partial charge on any atom is -0.466 e. The Morgan fingerprint density at radius 3 is 2.62 bits per heavy atom. The van der Waals surface area contributed by atoms with E-state index in [1.54, 1.807) is 11.8 Å². The number of nitrogens with one attached hydrogen (secondary N) is 1. The Hall–Kier alpha value is -1.89. The van der Waals surface area contributed by atoms with E-state index in [4.69, 9.17) is 9.84 Å². The lowest BCUT2D eigenvalue weighted by Gasteiger charge is -2.32. The van der Waals surface area contributed by atoms with Gasteiger partial charge in [-0.25, -0.2) is 0 Å². The van der Waals surface area contributed by atoms with Gasteiger partial charge in [0.2, 0.25) is 11.8 Å². The fourth-order valence-electron chi connectivity index (χ4n) is 4.66. The predicted molar refractivity (Wildman–Crippen MR) is 110 cm³/mol. The maximum Gasteiger partial charge on any atom is 0.310 e. The van der Waals surface area contributed by atoms with Crippen molar-refractivity contribution in [3.63, 3.8) is 0 Å². The number of esters is 1. The van der Waals surface area contributed by atoms with E-state index in [2.05, 4.69) is 12.2 Å². The summed E-state index contributed by atoms with van der Waals surface area (Å²) in [6.45, 7) is 8.39. The van der Waals surface area contributed by atoms with E-state index >= 15 is 0 Å². The molecule has 6 atom stereocenters. The highest BCUT2D eigenvalue weighted by atomic mass is 16.5. The van der Waals surface area contributed by atoms with Gasteiger partial charge in [0, 0.05) is 25.1 Å². The predicted octanol–water partition coefficient (Wildman–Crippen LogP) is 1.89. The van der Waals surface area contributed by atoms with Crippen molar-refractivity contribution in [1.29, 1.82) is 0 Å². The van der Waals surface area contributed by atoms with Crippen LogP contribution in [0.3, 0.4) is 0 Å². The normalized spacial score (nSPS) is 29.5. The summed E-state index contributed by atoms with van der Waals surface area (Å²) < 4.78 is 5.26. The molecule has 1 saturated heterocycles. The average molecular weight is 409 g/mol. The van der Waals surface area contributed by atoms with Crippen molar-refractivity contribution in [3.05, 3.63) is 12.2 Å². The van der Waals surface area contributed by atoms with E-state index in [9.17, 15) is 14.4 Å². The minimum atomic E-state index is -0.633. The van der Waals surface area contributed by atoms with Gasteiger partial charge in [-0.3, -0.25) is 14.4 Å². The number of fused-ring (bicyclic) bond motifs is 1. The number of amides is 2. The molecular formula is C22H36N2O5. The largest absolute Gasteiger partial charge is 0.466 e. The van der Waals surface area contributed by atoms with Gasteiger partial charge in [-0.05, 0) is 39.0 Å². The van der Waals surface area contributed by atoms with Crippen molar-refractivity contribution >= 4 is 17.8 Å². The van der Waals surface area contributed by atoms with Crippen LogP contribution in [0.1, 0.15) is 53.4 Å². The Bertz CT molecular complexity index is 620. The molecule has 0 aromatic carbocycles. The molecule has 0 spiro atoms. The fourth-order valence-corrected chi connectivity index (χ4v) is 4.66. The maximum atomic E-state index is 13.4. The number of unbranched alkanes of at least 4 members (excludes halogenated alkanes) is 1. The van der Waals surface area contributed by atoms with E-state index in [0.29, 0.717) is 19.4 Å². The van der Waals surface area contributed by atoms with Crippen LogP contribution in [0.15, 0.2) is 12.2 Å². The van der Waals surface area contributed by atoms with Gasteiger partial charge in [0.15, 0.2) is 0 Å². The van der Waals surface area contributed by atoms with Gasteiger partial charge < -0.3 is 20.1 Å². The van der Waals surface area contributed by atoms with Gasteiger partial charge in [0.25, 0.3) is 0 Å². The Kier molecular flexibility index (Phi) is 8.68. The first-order chi connectivity index (χ1) is 13.9. The highest BCUT2D eigenvalue weighted by Crippen LogP contribution is 2.44. The van der Waals surface area contributed by atoms with Gasteiger partial charge in [0.05, 0.1) is 18.4 Å². The molecule has 1 heterocycles. The topological polar surface area (TPSA) is 95.9 Å². The molecule has 164 valence electrons. The van der Waals surface area contributed by atoms with E-state index < -0.39 is 17.9 Å². The third-order valence-corrected chi connectivity index (χ3v) is 6.02. The van der Waals surface area contributed by atoms with E-state index in [0.717, 1.165) is 12.8 Å². The van der Waals surface area contributed by atoms with Crippen LogP contribution in [0.4, 0.5) is 0 Å². The summed E-state index contributed by atoms with van der Waals surface area (Å²) in [5.74, 6) is -2.34. The van der Waals surface area contributed by atoms with Crippen LogP contribution in [0.2, 0.25) is 0 Å². The molecule has 2 rings (SSSR count). The van der Waals surface area contributed by atoms with Crippen LogP contribution in [0, 0.1) is 23.7 Å². The second-order valence-corrected chi connectivity index (χ2v) is 8.23. The third kappa shape index (κ3) is 5.18. The number of allylic oxidation sites excluding steroid dienone is 1. The number of hydrogen-bond acceptors (Lipinski definition) is 5. The Labute approximate surface area is 173 Å². The van der Waals surface area contributed by atoms with Crippen molar-refractivity contribution in [1.82, 2.24) is 10.2 Å². The number of ether oxygens (including phenoxy) is 1. The van der Waals surface area contributed by atoms with Gasteiger partial charge in [-0.15, -0.1) is 0 Å². The average Bonchev–Trinajstić information content (AvgIpc) is 2.94. The molecule has 2 aliphatic rings. The molecule has 29 heavy (non-hydrogen) atoms. The smallest absolute Gasteiger partial charge is 0.310 e. The molecule has 0 saturated carbocycles. The number of rotatable bonds is 10.